The molecule has 1 N–H and O–H groups in total. The first-order chi connectivity index (χ1) is 16.6. The Kier molecular flexibility index (Phi) is 6.85. The molecular formula is C29H25BrN2O3. The molecule has 0 bridgehead atoms. The van der Waals surface area contributed by atoms with Gasteiger partial charge in [-0.05, 0) is 67.9 Å². The molecule has 0 atom stereocenters. The standard InChI is InChI=1S/C29H25BrN2O3/c1-29(2,3)32(28(35)24-14-13-23-18-25(30)16-15-22(23)17-24)31-27(34)21-11-9-20(10-12-21)26(33)19-7-5-4-6-8-19/h4-18H,1-3H3,(H,31,34). The zero-order chi connectivity index (χ0) is 25.2. The summed E-state index contributed by atoms with van der Waals surface area (Å²) in [6, 6.07) is 26.7. The van der Waals surface area contributed by atoms with Gasteiger partial charge in [0.15, 0.2) is 5.78 Å². The van der Waals surface area contributed by atoms with Crippen molar-refractivity contribution in [3.63, 3.8) is 0 Å². The van der Waals surface area contributed by atoms with Crippen molar-refractivity contribution in [2.75, 3.05) is 0 Å². The molecular weight excluding hydrogens is 504 g/mol. The summed E-state index contributed by atoms with van der Waals surface area (Å²) in [4.78, 5) is 39.1. The highest BCUT2D eigenvalue weighted by molar-refractivity contribution is 9.10. The van der Waals surface area contributed by atoms with Crippen molar-refractivity contribution in [3.05, 3.63) is 118 Å². The predicted octanol–water partition coefficient (Wildman–Crippen LogP) is 6.42. The molecule has 0 saturated carbocycles. The second-order valence-corrected chi connectivity index (χ2v) is 10.1. The smallest absolute Gasteiger partial charge is 0.272 e. The molecule has 0 aliphatic carbocycles. The number of nitrogens with zero attached hydrogens (tertiary/aromatic N) is 1. The molecule has 0 fully saturated rings. The Morgan fingerprint density at radius 3 is 1.89 bits per heavy atom. The van der Waals surface area contributed by atoms with Crippen LogP contribution in [0.5, 0.6) is 0 Å². The summed E-state index contributed by atoms with van der Waals surface area (Å²) in [5.74, 6) is -0.865. The third-order valence-corrected chi connectivity index (χ3v) is 6.08. The number of rotatable bonds is 4. The van der Waals surface area contributed by atoms with Crippen LogP contribution in [-0.4, -0.2) is 28.1 Å². The second kappa shape index (κ2) is 9.84. The number of fused-ring (bicyclic) bond motifs is 1. The van der Waals surface area contributed by atoms with Crippen LogP contribution in [0.1, 0.15) is 57.4 Å². The average molecular weight is 529 g/mol. The van der Waals surface area contributed by atoms with Gasteiger partial charge >= 0.3 is 0 Å². The Bertz CT molecular complexity index is 1410. The van der Waals surface area contributed by atoms with E-state index >= 15 is 0 Å². The maximum absolute atomic E-state index is 13.4. The Hall–Kier alpha value is -3.77. The van der Waals surface area contributed by atoms with E-state index in [1.807, 2.05) is 69.3 Å². The number of hydrogen-bond donors (Lipinski definition) is 1. The van der Waals surface area contributed by atoms with Crippen molar-refractivity contribution in [2.45, 2.75) is 26.3 Å². The summed E-state index contributed by atoms with van der Waals surface area (Å²) < 4.78 is 0.962. The number of carbonyl (C=O) groups excluding carboxylic acids is 3. The largest absolute Gasteiger partial charge is 0.289 e. The van der Waals surface area contributed by atoms with Gasteiger partial charge in [0, 0.05) is 26.7 Å². The fourth-order valence-electron chi connectivity index (χ4n) is 3.70. The van der Waals surface area contributed by atoms with E-state index in [0.717, 1.165) is 15.2 Å². The lowest BCUT2D eigenvalue weighted by atomic mass is 10.0. The zero-order valence-electron chi connectivity index (χ0n) is 19.7. The highest BCUT2D eigenvalue weighted by Gasteiger charge is 2.30. The molecule has 4 aromatic rings. The molecule has 4 rings (SSSR count). The monoisotopic (exact) mass is 528 g/mol. The van der Waals surface area contributed by atoms with E-state index in [1.54, 1.807) is 42.5 Å². The molecule has 0 aromatic heterocycles. The zero-order valence-corrected chi connectivity index (χ0v) is 21.3. The minimum atomic E-state index is -0.676. The number of amides is 2. The summed E-state index contributed by atoms with van der Waals surface area (Å²) in [6.45, 7) is 5.56. The van der Waals surface area contributed by atoms with Gasteiger partial charge in [-0.3, -0.25) is 19.8 Å². The van der Waals surface area contributed by atoms with Crippen molar-refractivity contribution >= 4 is 44.3 Å². The first kappa shape index (κ1) is 24.4. The molecule has 5 nitrogen and oxygen atoms in total. The van der Waals surface area contributed by atoms with Gasteiger partial charge in [-0.15, -0.1) is 0 Å². The van der Waals surface area contributed by atoms with E-state index in [-0.39, 0.29) is 11.7 Å². The number of carbonyl (C=O) groups is 3. The highest BCUT2D eigenvalue weighted by Crippen LogP contribution is 2.23. The van der Waals surface area contributed by atoms with Gasteiger partial charge in [0.25, 0.3) is 11.8 Å². The normalized spacial score (nSPS) is 11.2. The first-order valence-electron chi connectivity index (χ1n) is 11.2. The number of ketones is 1. The van der Waals surface area contributed by atoms with Gasteiger partial charge < -0.3 is 0 Å². The SMILES string of the molecule is CC(C)(C)N(NC(=O)c1ccc(C(=O)c2ccccc2)cc1)C(=O)c1ccc2cc(Br)ccc2c1. The van der Waals surface area contributed by atoms with Crippen molar-refractivity contribution in [3.8, 4) is 0 Å². The summed E-state index contributed by atoms with van der Waals surface area (Å²) in [7, 11) is 0. The molecule has 0 aliphatic rings. The van der Waals surface area contributed by atoms with E-state index < -0.39 is 11.4 Å². The van der Waals surface area contributed by atoms with Crippen LogP contribution in [0.3, 0.4) is 0 Å². The average Bonchev–Trinajstić information content (AvgIpc) is 2.86. The first-order valence-corrected chi connectivity index (χ1v) is 12.0. The van der Waals surface area contributed by atoms with Crippen molar-refractivity contribution in [1.29, 1.82) is 0 Å². The van der Waals surface area contributed by atoms with Crippen LogP contribution in [0.25, 0.3) is 10.8 Å². The van der Waals surface area contributed by atoms with Crippen LogP contribution in [0.2, 0.25) is 0 Å². The predicted molar refractivity (Wildman–Crippen MR) is 141 cm³/mol. The van der Waals surface area contributed by atoms with Crippen LogP contribution in [-0.2, 0) is 0 Å². The molecule has 6 heteroatoms. The molecule has 0 saturated heterocycles. The van der Waals surface area contributed by atoms with Gasteiger partial charge in [-0.1, -0.05) is 70.5 Å². The number of nitrogens with one attached hydrogen (secondary N) is 1. The molecule has 0 heterocycles. The van der Waals surface area contributed by atoms with Crippen molar-refractivity contribution in [2.24, 2.45) is 0 Å². The topological polar surface area (TPSA) is 66.5 Å². The fraction of sp³-hybridized carbons (Fsp3) is 0.138. The maximum atomic E-state index is 13.4. The summed E-state index contributed by atoms with van der Waals surface area (Å²) >= 11 is 3.46. The minimum absolute atomic E-state index is 0.118. The molecule has 176 valence electrons. The molecule has 0 unspecified atom stereocenters. The maximum Gasteiger partial charge on any atom is 0.272 e. The summed E-state index contributed by atoms with van der Waals surface area (Å²) in [5.41, 5.74) is 3.97. The van der Waals surface area contributed by atoms with Gasteiger partial charge in [-0.2, -0.15) is 0 Å². The van der Waals surface area contributed by atoms with Crippen LogP contribution < -0.4 is 5.43 Å². The number of hydrazine groups is 1. The quantitative estimate of drug-likeness (QED) is 0.245. The van der Waals surface area contributed by atoms with Gasteiger partial charge in [0.2, 0.25) is 0 Å². The lowest BCUT2D eigenvalue weighted by Crippen LogP contribution is -2.55. The highest BCUT2D eigenvalue weighted by atomic mass is 79.9. The molecule has 2 amide bonds. The van der Waals surface area contributed by atoms with Crippen LogP contribution in [0, 0.1) is 0 Å². The Morgan fingerprint density at radius 2 is 1.23 bits per heavy atom. The van der Waals surface area contributed by atoms with E-state index in [1.165, 1.54) is 5.01 Å². The van der Waals surface area contributed by atoms with E-state index in [2.05, 4.69) is 21.4 Å². The van der Waals surface area contributed by atoms with Crippen molar-refractivity contribution in [1.82, 2.24) is 10.4 Å². The molecule has 35 heavy (non-hydrogen) atoms. The van der Waals surface area contributed by atoms with E-state index in [4.69, 9.17) is 0 Å². The van der Waals surface area contributed by atoms with Gasteiger partial charge in [-0.25, -0.2) is 5.01 Å². The number of benzene rings is 4. The number of halogens is 1. The molecule has 0 aliphatic heterocycles. The van der Waals surface area contributed by atoms with Crippen LogP contribution in [0.4, 0.5) is 0 Å². The molecule has 0 radical (unpaired) electrons. The van der Waals surface area contributed by atoms with Crippen molar-refractivity contribution < 1.29 is 14.4 Å². The van der Waals surface area contributed by atoms with Crippen LogP contribution in [0.15, 0.2) is 95.5 Å². The van der Waals surface area contributed by atoms with E-state index in [0.29, 0.717) is 22.3 Å². The number of hydrogen-bond acceptors (Lipinski definition) is 3. The molecule has 4 aromatic carbocycles. The summed E-state index contributed by atoms with van der Waals surface area (Å²) in [6.07, 6.45) is 0. The van der Waals surface area contributed by atoms with E-state index in [9.17, 15) is 14.4 Å². The minimum Gasteiger partial charge on any atom is -0.289 e. The Balaban J connectivity index is 1.55. The fourth-order valence-corrected chi connectivity index (χ4v) is 4.08. The molecule has 0 spiro atoms. The lowest BCUT2D eigenvalue weighted by Gasteiger charge is -2.35. The third-order valence-electron chi connectivity index (χ3n) is 5.58. The summed E-state index contributed by atoms with van der Waals surface area (Å²) in [5, 5.41) is 3.28. The Morgan fingerprint density at radius 1 is 0.686 bits per heavy atom. The Labute approximate surface area is 212 Å². The second-order valence-electron chi connectivity index (χ2n) is 9.23. The van der Waals surface area contributed by atoms with Crippen LogP contribution >= 0.6 is 15.9 Å². The van der Waals surface area contributed by atoms with Gasteiger partial charge in [0.05, 0.1) is 5.54 Å². The third kappa shape index (κ3) is 5.49. The lowest BCUT2D eigenvalue weighted by molar-refractivity contribution is 0.0359. The van der Waals surface area contributed by atoms with Gasteiger partial charge in [0.1, 0.15) is 0 Å².